The number of carboxylic acids is 1. The molecule has 3 fully saturated rings. The van der Waals surface area contributed by atoms with Gasteiger partial charge in [0, 0.05) is 16.5 Å². The molecule has 0 aromatic heterocycles. The van der Waals surface area contributed by atoms with Gasteiger partial charge in [-0.25, -0.2) is 0 Å². The highest BCUT2D eigenvalue weighted by molar-refractivity contribution is 8.00. The van der Waals surface area contributed by atoms with E-state index in [1.54, 1.807) is 11.8 Å². The van der Waals surface area contributed by atoms with Gasteiger partial charge >= 0.3 is 11.9 Å². The lowest BCUT2D eigenvalue weighted by Crippen LogP contribution is -2.39. The van der Waals surface area contributed by atoms with Crippen LogP contribution < -0.4 is 5.73 Å². The topological polar surface area (TPSA) is 89.6 Å². The minimum absolute atomic E-state index is 0.0107. The standard InChI is InChI=1S/C15H15NO4S/c16-6-1-3-7(4-2-6)21-13-9-5-8-11(10(9)14(17)18)15(19)20-12(8)13/h1-4,8-13H,5,16H2,(H,17,18)/t8-,9+,10+,11-,12+,13-/m1/s1. The third-order valence-corrected chi connectivity index (χ3v) is 6.42. The van der Waals surface area contributed by atoms with Gasteiger partial charge in [-0.1, -0.05) is 0 Å². The average Bonchev–Trinajstić information content (AvgIpc) is 3.04. The van der Waals surface area contributed by atoms with Crippen molar-refractivity contribution in [1.29, 1.82) is 0 Å². The predicted octanol–water partition coefficient (Wildman–Crippen LogP) is 1.62. The Morgan fingerprint density at radius 3 is 2.67 bits per heavy atom. The van der Waals surface area contributed by atoms with Crippen LogP contribution >= 0.6 is 11.8 Å². The molecule has 21 heavy (non-hydrogen) atoms. The van der Waals surface area contributed by atoms with E-state index in [2.05, 4.69) is 0 Å². The monoisotopic (exact) mass is 305 g/mol. The number of carbonyl (C=O) groups excluding carboxylic acids is 1. The van der Waals surface area contributed by atoms with Gasteiger partial charge in [0.2, 0.25) is 0 Å². The Balaban J connectivity index is 1.63. The van der Waals surface area contributed by atoms with Gasteiger partial charge in [-0.05, 0) is 36.6 Å². The molecule has 6 heteroatoms. The number of carboxylic acid groups (broad SMARTS) is 1. The number of hydrogen-bond donors (Lipinski definition) is 2. The van der Waals surface area contributed by atoms with E-state index < -0.39 is 17.8 Å². The highest BCUT2D eigenvalue weighted by atomic mass is 32.2. The molecule has 2 bridgehead atoms. The van der Waals surface area contributed by atoms with E-state index >= 15 is 0 Å². The van der Waals surface area contributed by atoms with Gasteiger partial charge in [-0.15, -0.1) is 11.8 Å². The van der Waals surface area contributed by atoms with Crippen LogP contribution in [0.1, 0.15) is 6.42 Å². The van der Waals surface area contributed by atoms with E-state index in [9.17, 15) is 14.7 Å². The summed E-state index contributed by atoms with van der Waals surface area (Å²) in [7, 11) is 0. The van der Waals surface area contributed by atoms with Crippen LogP contribution in [-0.4, -0.2) is 28.4 Å². The largest absolute Gasteiger partial charge is 0.481 e. The second-order valence-corrected chi connectivity index (χ2v) is 7.26. The first-order valence-electron chi connectivity index (χ1n) is 7.02. The van der Waals surface area contributed by atoms with Crippen molar-refractivity contribution < 1.29 is 19.4 Å². The lowest BCUT2D eigenvalue weighted by molar-refractivity contribution is -0.151. The summed E-state index contributed by atoms with van der Waals surface area (Å²) in [4.78, 5) is 24.5. The van der Waals surface area contributed by atoms with E-state index in [-0.39, 0.29) is 29.2 Å². The average molecular weight is 305 g/mol. The Morgan fingerprint density at radius 2 is 2.00 bits per heavy atom. The van der Waals surface area contributed by atoms with Crippen LogP contribution in [0.25, 0.3) is 0 Å². The number of aliphatic carboxylic acids is 1. The van der Waals surface area contributed by atoms with E-state index in [1.807, 2.05) is 24.3 Å². The van der Waals surface area contributed by atoms with Gasteiger partial charge < -0.3 is 15.6 Å². The molecule has 1 aromatic carbocycles. The second kappa shape index (κ2) is 4.40. The van der Waals surface area contributed by atoms with E-state index in [1.165, 1.54) is 0 Å². The Morgan fingerprint density at radius 1 is 1.29 bits per heavy atom. The van der Waals surface area contributed by atoms with E-state index in [0.717, 1.165) is 11.3 Å². The van der Waals surface area contributed by atoms with Crippen molar-refractivity contribution in [3.05, 3.63) is 24.3 Å². The zero-order chi connectivity index (χ0) is 14.7. The Hall–Kier alpha value is -1.69. The Labute approximate surface area is 125 Å². The molecule has 2 aliphatic carbocycles. The first-order chi connectivity index (χ1) is 10.1. The number of rotatable bonds is 3. The summed E-state index contributed by atoms with van der Waals surface area (Å²) < 4.78 is 5.48. The maximum Gasteiger partial charge on any atom is 0.310 e. The number of benzene rings is 1. The predicted molar refractivity (Wildman–Crippen MR) is 76.6 cm³/mol. The number of thioether (sulfide) groups is 1. The van der Waals surface area contributed by atoms with Crippen LogP contribution in [0.4, 0.5) is 5.69 Å². The molecule has 5 nitrogen and oxygen atoms in total. The van der Waals surface area contributed by atoms with Crippen molar-refractivity contribution in [3.63, 3.8) is 0 Å². The normalized spacial score (nSPS) is 39.5. The van der Waals surface area contributed by atoms with Gasteiger partial charge in [-0.3, -0.25) is 9.59 Å². The van der Waals surface area contributed by atoms with Crippen LogP contribution in [0.3, 0.4) is 0 Å². The van der Waals surface area contributed by atoms with E-state index in [4.69, 9.17) is 10.5 Å². The molecular formula is C15H15NO4S. The SMILES string of the molecule is Nc1ccc(S[C@@H]2[C@H]3C[C@H]4[C@@H]2OC(=O)[C@H]4[C@H]3C(=O)O)cc1. The first-order valence-corrected chi connectivity index (χ1v) is 7.90. The van der Waals surface area contributed by atoms with Gasteiger partial charge in [-0.2, -0.15) is 0 Å². The third-order valence-electron chi connectivity index (χ3n) is 4.98. The molecule has 6 atom stereocenters. The molecule has 1 aromatic rings. The highest BCUT2D eigenvalue weighted by Gasteiger charge is 2.68. The van der Waals surface area contributed by atoms with Crippen LogP contribution in [0, 0.1) is 23.7 Å². The highest BCUT2D eigenvalue weighted by Crippen LogP contribution is 2.61. The van der Waals surface area contributed by atoms with Crippen LogP contribution in [-0.2, 0) is 14.3 Å². The zero-order valence-electron chi connectivity index (χ0n) is 11.1. The number of esters is 1. The van der Waals surface area contributed by atoms with E-state index in [0.29, 0.717) is 5.69 Å². The molecule has 2 saturated carbocycles. The molecular weight excluding hydrogens is 290 g/mol. The Kier molecular flexibility index (Phi) is 2.73. The minimum atomic E-state index is -0.868. The van der Waals surface area contributed by atoms with Gasteiger partial charge in [0.1, 0.15) is 6.10 Å². The van der Waals surface area contributed by atoms with Crippen molar-refractivity contribution in [2.45, 2.75) is 22.7 Å². The fourth-order valence-electron chi connectivity index (χ4n) is 4.19. The number of hydrogen-bond acceptors (Lipinski definition) is 5. The number of carbonyl (C=O) groups is 2. The van der Waals surface area contributed by atoms with Gasteiger partial charge in [0.15, 0.2) is 0 Å². The minimum Gasteiger partial charge on any atom is -0.481 e. The lowest BCUT2D eigenvalue weighted by atomic mass is 9.80. The maximum atomic E-state index is 11.9. The molecule has 3 aliphatic rings. The number of nitrogens with two attached hydrogens (primary N) is 1. The number of anilines is 1. The van der Waals surface area contributed by atoms with Gasteiger partial charge in [0.25, 0.3) is 0 Å². The summed E-state index contributed by atoms with van der Waals surface area (Å²) in [6.45, 7) is 0. The second-order valence-electron chi connectivity index (χ2n) is 6.01. The summed E-state index contributed by atoms with van der Waals surface area (Å²) in [5, 5.41) is 9.49. The number of nitrogen functional groups attached to an aromatic ring is 1. The van der Waals surface area contributed by atoms with Crippen LogP contribution in [0.5, 0.6) is 0 Å². The quantitative estimate of drug-likeness (QED) is 0.651. The fourth-order valence-corrected chi connectivity index (χ4v) is 5.64. The van der Waals surface area contributed by atoms with Crippen molar-refractivity contribution in [1.82, 2.24) is 0 Å². The molecule has 110 valence electrons. The van der Waals surface area contributed by atoms with Crippen LogP contribution in [0.2, 0.25) is 0 Å². The van der Waals surface area contributed by atoms with Crippen molar-refractivity contribution in [3.8, 4) is 0 Å². The molecule has 0 radical (unpaired) electrons. The number of ether oxygens (including phenoxy) is 1. The molecule has 3 N–H and O–H groups in total. The molecule has 0 spiro atoms. The van der Waals surface area contributed by atoms with Crippen molar-refractivity contribution in [2.75, 3.05) is 5.73 Å². The fraction of sp³-hybridized carbons (Fsp3) is 0.467. The smallest absolute Gasteiger partial charge is 0.310 e. The van der Waals surface area contributed by atoms with Crippen molar-refractivity contribution in [2.24, 2.45) is 23.7 Å². The maximum absolute atomic E-state index is 11.9. The lowest BCUT2D eigenvalue weighted by Gasteiger charge is -2.29. The molecule has 4 rings (SSSR count). The first kappa shape index (κ1) is 13.0. The summed E-state index contributed by atoms with van der Waals surface area (Å²) in [5.41, 5.74) is 6.38. The number of fused-ring (bicyclic) bond motifs is 1. The molecule has 0 unspecified atom stereocenters. The van der Waals surface area contributed by atoms with Gasteiger partial charge in [0.05, 0.1) is 17.1 Å². The molecule has 1 aliphatic heterocycles. The van der Waals surface area contributed by atoms with Crippen LogP contribution in [0.15, 0.2) is 29.2 Å². The summed E-state index contributed by atoms with van der Waals surface area (Å²) >= 11 is 1.61. The summed E-state index contributed by atoms with van der Waals surface area (Å²) in [6.07, 6.45) is 0.649. The third kappa shape index (κ3) is 1.78. The van der Waals surface area contributed by atoms with Crippen molar-refractivity contribution >= 4 is 29.4 Å². The molecule has 1 heterocycles. The molecule has 1 saturated heterocycles. The summed E-state index contributed by atoms with van der Waals surface area (Å²) in [5.74, 6) is -2.12. The Bertz CT molecular complexity index is 617. The summed E-state index contributed by atoms with van der Waals surface area (Å²) in [6, 6.07) is 7.51. The molecule has 0 amide bonds. The zero-order valence-corrected chi connectivity index (χ0v) is 12.0.